The normalized spacial score (nSPS) is 10.4. The third kappa shape index (κ3) is 5.93. The number of anilines is 1. The van der Waals surface area contributed by atoms with Gasteiger partial charge in [-0.25, -0.2) is 0 Å². The van der Waals surface area contributed by atoms with Crippen molar-refractivity contribution in [1.29, 1.82) is 0 Å². The minimum absolute atomic E-state index is 0.0722. The number of nitrogens with zero attached hydrogens (tertiary/aromatic N) is 1. The lowest BCUT2D eigenvalue weighted by molar-refractivity contribution is -0.146. The first-order valence-electron chi connectivity index (χ1n) is 9.15. The van der Waals surface area contributed by atoms with Gasteiger partial charge in [-0.15, -0.1) is 0 Å². The minimum atomic E-state index is -0.474. The third-order valence-corrected chi connectivity index (χ3v) is 4.26. The number of hydrogen-bond acceptors (Lipinski definition) is 6. The van der Waals surface area contributed by atoms with E-state index in [1.54, 1.807) is 36.4 Å². The number of ether oxygens (including phenoxy) is 2. The summed E-state index contributed by atoms with van der Waals surface area (Å²) in [5.74, 6) is 0.549. The Morgan fingerprint density at radius 2 is 1.76 bits per heavy atom. The van der Waals surface area contributed by atoms with Crippen molar-refractivity contribution in [3.05, 3.63) is 77.2 Å². The van der Waals surface area contributed by atoms with Crippen LogP contribution in [0, 0.1) is 13.8 Å². The quantitative estimate of drug-likeness (QED) is 0.587. The molecule has 0 atom stereocenters. The predicted molar refractivity (Wildman–Crippen MR) is 106 cm³/mol. The van der Waals surface area contributed by atoms with E-state index in [1.165, 1.54) is 0 Å². The number of esters is 1. The van der Waals surface area contributed by atoms with Gasteiger partial charge in [0.25, 0.3) is 5.91 Å². The van der Waals surface area contributed by atoms with E-state index in [2.05, 4.69) is 10.5 Å². The Kier molecular flexibility index (Phi) is 6.63. The summed E-state index contributed by atoms with van der Waals surface area (Å²) in [5, 5.41) is 6.55. The molecular weight excluding hydrogens is 372 g/mol. The molecular formula is C22H22N2O5. The van der Waals surface area contributed by atoms with Crippen LogP contribution in [0.3, 0.4) is 0 Å². The predicted octanol–water partition coefficient (Wildman–Crippen LogP) is 3.59. The summed E-state index contributed by atoms with van der Waals surface area (Å²) in [6.45, 7) is 3.74. The van der Waals surface area contributed by atoms with Crippen molar-refractivity contribution in [3.63, 3.8) is 0 Å². The Bertz CT molecular complexity index is 945. The molecule has 7 heteroatoms. The number of para-hydroxylation sites is 1. The van der Waals surface area contributed by atoms with Gasteiger partial charge in [-0.1, -0.05) is 35.5 Å². The molecule has 1 aromatic heterocycles. The Morgan fingerprint density at radius 3 is 2.41 bits per heavy atom. The number of aromatic nitrogens is 1. The Labute approximate surface area is 168 Å². The zero-order chi connectivity index (χ0) is 20.6. The van der Waals surface area contributed by atoms with Crippen LogP contribution in [0.2, 0.25) is 0 Å². The maximum Gasteiger partial charge on any atom is 0.310 e. The third-order valence-electron chi connectivity index (χ3n) is 4.26. The van der Waals surface area contributed by atoms with Crippen LogP contribution in [0.25, 0.3) is 0 Å². The number of nitrogens with one attached hydrogen (secondary N) is 1. The molecule has 1 amide bonds. The fourth-order valence-corrected chi connectivity index (χ4v) is 2.65. The summed E-state index contributed by atoms with van der Waals surface area (Å²) in [6.07, 6.45) is 0.0722. The number of carbonyl (C=O) groups is 2. The van der Waals surface area contributed by atoms with Crippen molar-refractivity contribution in [2.24, 2.45) is 0 Å². The molecule has 150 valence electrons. The second-order valence-electron chi connectivity index (χ2n) is 6.49. The van der Waals surface area contributed by atoms with Crippen molar-refractivity contribution in [2.45, 2.75) is 26.9 Å². The van der Waals surface area contributed by atoms with Crippen LogP contribution in [-0.2, 0) is 27.4 Å². The SMILES string of the molecule is Cc1noc(C)c1COc1ccc(CC(=O)OCC(=O)Nc2ccccc2)cc1. The van der Waals surface area contributed by atoms with Crippen LogP contribution >= 0.6 is 0 Å². The van der Waals surface area contributed by atoms with Crippen molar-refractivity contribution >= 4 is 17.6 Å². The van der Waals surface area contributed by atoms with Crippen molar-refractivity contribution < 1.29 is 23.6 Å². The molecule has 1 N–H and O–H groups in total. The molecule has 0 spiro atoms. The monoisotopic (exact) mass is 394 g/mol. The zero-order valence-electron chi connectivity index (χ0n) is 16.3. The molecule has 3 aromatic rings. The van der Waals surface area contributed by atoms with Crippen LogP contribution in [-0.4, -0.2) is 23.6 Å². The average molecular weight is 394 g/mol. The van der Waals surface area contributed by atoms with Crippen molar-refractivity contribution in [2.75, 3.05) is 11.9 Å². The molecule has 0 aliphatic heterocycles. The highest BCUT2D eigenvalue weighted by Gasteiger charge is 2.11. The van der Waals surface area contributed by atoms with Crippen molar-refractivity contribution in [3.8, 4) is 5.75 Å². The first kappa shape index (κ1) is 20.1. The Hall–Kier alpha value is -3.61. The summed E-state index contributed by atoms with van der Waals surface area (Å²) in [5.41, 5.74) is 3.15. The van der Waals surface area contributed by atoms with Crippen LogP contribution in [0.15, 0.2) is 59.1 Å². The molecule has 0 bridgehead atoms. The molecule has 0 saturated heterocycles. The zero-order valence-corrected chi connectivity index (χ0v) is 16.3. The number of rotatable bonds is 8. The topological polar surface area (TPSA) is 90.7 Å². The minimum Gasteiger partial charge on any atom is -0.489 e. The molecule has 3 rings (SSSR count). The van der Waals surface area contributed by atoms with E-state index >= 15 is 0 Å². The molecule has 1 heterocycles. The summed E-state index contributed by atoms with van der Waals surface area (Å²) >= 11 is 0. The van der Waals surface area contributed by atoms with Gasteiger partial charge in [0.2, 0.25) is 0 Å². The molecule has 0 aliphatic rings. The number of hydrogen-bond donors (Lipinski definition) is 1. The fraction of sp³-hybridized carbons (Fsp3) is 0.227. The van der Waals surface area contributed by atoms with Gasteiger partial charge in [-0.3, -0.25) is 9.59 Å². The average Bonchev–Trinajstić information content (AvgIpc) is 3.04. The van der Waals surface area contributed by atoms with Crippen LogP contribution < -0.4 is 10.1 Å². The molecule has 0 saturated carbocycles. The van der Waals surface area contributed by atoms with Crippen molar-refractivity contribution in [1.82, 2.24) is 5.16 Å². The van der Waals surface area contributed by atoms with E-state index in [1.807, 2.05) is 32.0 Å². The van der Waals surface area contributed by atoms with E-state index in [9.17, 15) is 9.59 Å². The summed E-state index contributed by atoms with van der Waals surface area (Å²) in [7, 11) is 0. The largest absolute Gasteiger partial charge is 0.489 e. The summed E-state index contributed by atoms with van der Waals surface area (Å²) < 4.78 is 15.9. The number of aryl methyl sites for hydroxylation is 2. The maximum absolute atomic E-state index is 12.0. The lowest BCUT2D eigenvalue weighted by atomic mass is 10.1. The molecule has 0 aliphatic carbocycles. The molecule has 0 radical (unpaired) electrons. The smallest absolute Gasteiger partial charge is 0.310 e. The summed E-state index contributed by atoms with van der Waals surface area (Å²) in [4.78, 5) is 23.8. The van der Waals surface area contributed by atoms with Crippen LogP contribution in [0.5, 0.6) is 5.75 Å². The van der Waals surface area contributed by atoms with Gasteiger partial charge in [-0.05, 0) is 43.7 Å². The van der Waals surface area contributed by atoms with E-state index in [4.69, 9.17) is 14.0 Å². The Balaban J connectivity index is 1.43. The number of carbonyl (C=O) groups excluding carboxylic acids is 2. The number of amides is 1. The molecule has 29 heavy (non-hydrogen) atoms. The van der Waals surface area contributed by atoms with Crippen LogP contribution in [0.1, 0.15) is 22.6 Å². The van der Waals surface area contributed by atoms with E-state index in [-0.39, 0.29) is 18.9 Å². The second-order valence-corrected chi connectivity index (χ2v) is 6.49. The lowest BCUT2D eigenvalue weighted by Gasteiger charge is -2.08. The highest BCUT2D eigenvalue weighted by atomic mass is 16.5. The number of benzene rings is 2. The van der Waals surface area contributed by atoms with Gasteiger partial charge in [0.15, 0.2) is 6.61 Å². The van der Waals surface area contributed by atoms with Gasteiger partial charge < -0.3 is 19.3 Å². The molecule has 7 nitrogen and oxygen atoms in total. The standard InChI is InChI=1S/C22H22N2O5/c1-15-20(16(2)29-24-15)13-27-19-10-8-17(9-11-19)12-22(26)28-14-21(25)23-18-6-4-3-5-7-18/h3-11H,12-14H2,1-2H3,(H,23,25). The second kappa shape index (κ2) is 9.54. The lowest BCUT2D eigenvalue weighted by Crippen LogP contribution is -2.21. The van der Waals surface area contributed by atoms with E-state index in [0.29, 0.717) is 18.0 Å². The summed E-state index contributed by atoms with van der Waals surface area (Å²) in [6, 6.07) is 16.1. The highest BCUT2D eigenvalue weighted by molar-refractivity contribution is 5.92. The van der Waals surface area contributed by atoms with Gasteiger partial charge in [0.1, 0.15) is 18.1 Å². The first-order chi connectivity index (χ1) is 14.0. The molecule has 0 fully saturated rings. The maximum atomic E-state index is 12.0. The molecule has 2 aromatic carbocycles. The van der Waals surface area contributed by atoms with E-state index in [0.717, 1.165) is 22.6 Å². The van der Waals surface area contributed by atoms with Gasteiger partial charge >= 0.3 is 5.97 Å². The fourth-order valence-electron chi connectivity index (χ4n) is 2.65. The van der Waals surface area contributed by atoms with Gasteiger partial charge in [0, 0.05) is 5.69 Å². The highest BCUT2D eigenvalue weighted by Crippen LogP contribution is 2.18. The Morgan fingerprint density at radius 1 is 1.03 bits per heavy atom. The van der Waals surface area contributed by atoms with Gasteiger partial charge in [0.05, 0.1) is 17.7 Å². The molecule has 0 unspecified atom stereocenters. The first-order valence-corrected chi connectivity index (χ1v) is 9.15. The van der Waals surface area contributed by atoms with Crippen LogP contribution in [0.4, 0.5) is 5.69 Å². The van der Waals surface area contributed by atoms with Gasteiger partial charge in [-0.2, -0.15) is 0 Å². The van der Waals surface area contributed by atoms with E-state index < -0.39 is 5.97 Å².